The highest BCUT2D eigenvalue weighted by molar-refractivity contribution is 7.99. The zero-order valence-electron chi connectivity index (χ0n) is 11.9. The van der Waals surface area contributed by atoms with E-state index in [1.54, 1.807) is 24.8 Å². The fraction of sp³-hybridized carbons (Fsp3) is 0.400. The Hall–Kier alpha value is -1.54. The van der Waals surface area contributed by atoms with Crippen molar-refractivity contribution >= 4 is 11.8 Å². The molecule has 3 rings (SSSR count). The molecule has 0 aliphatic carbocycles. The molecule has 1 aliphatic rings. The predicted molar refractivity (Wildman–Crippen MR) is 81.6 cm³/mol. The van der Waals surface area contributed by atoms with Crippen molar-refractivity contribution in [2.75, 3.05) is 5.75 Å². The van der Waals surface area contributed by atoms with Crippen molar-refractivity contribution < 1.29 is 24.5 Å². The summed E-state index contributed by atoms with van der Waals surface area (Å²) >= 11 is 1.26. The molecule has 2 aromatic rings. The fourth-order valence-electron chi connectivity index (χ4n) is 2.30. The van der Waals surface area contributed by atoms with E-state index in [2.05, 4.69) is 4.98 Å². The number of aromatic nitrogens is 1. The van der Waals surface area contributed by atoms with Crippen LogP contribution in [0, 0.1) is 6.92 Å². The van der Waals surface area contributed by atoms with Crippen LogP contribution in [0.3, 0.4) is 0 Å². The Labute approximate surface area is 131 Å². The zero-order chi connectivity index (χ0) is 15.7. The lowest BCUT2D eigenvalue weighted by Gasteiger charge is -2.35. The molecule has 0 spiro atoms. The third-order valence-electron chi connectivity index (χ3n) is 3.58. The summed E-state index contributed by atoms with van der Waals surface area (Å²) in [5, 5.41) is 29.5. The quantitative estimate of drug-likeness (QED) is 0.780. The van der Waals surface area contributed by atoms with Crippen LogP contribution in [0.4, 0.5) is 0 Å². The first-order valence-corrected chi connectivity index (χ1v) is 7.93. The third-order valence-corrected chi connectivity index (χ3v) is 4.82. The maximum Gasteiger partial charge on any atom is 0.173 e. The molecule has 0 unspecified atom stereocenters. The van der Waals surface area contributed by atoms with Gasteiger partial charge in [0.25, 0.3) is 0 Å². The normalized spacial score (nSPS) is 28.5. The maximum absolute atomic E-state index is 10.1. The van der Waals surface area contributed by atoms with Gasteiger partial charge in [0, 0.05) is 17.5 Å². The Kier molecular flexibility index (Phi) is 4.39. The second-order valence-electron chi connectivity index (χ2n) is 5.19. The van der Waals surface area contributed by atoms with Crippen LogP contribution in [-0.4, -0.2) is 49.8 Å². The molecule has 1 fully saturated rings. The summed E-state index contributed by atoms with van der Waals surface area (Å²) in [6.07, 6.45) is 1.44. The highest BCUT2D eigenvalue weighted by Gasteiger charge is 2.39. The van der Waals surface area contributed by atoms with Gasteiger partial charge in [-0.15, -0.1) is 11.8 Å². The minimum absolute atomic E-state index is 0.295. The van der Waals surface area contributed by atoms with Crippen molar-refractivity contribution in [2.24, 2.45) is 0 Å². The molecule has 6 nitrogen and oxygen atoms in total. The number of ether oxygens (including phenoxy) is 1. The van der Waals surface area contributed by atoms with Crippen LogP contribution in [-0.2, 0) is 0 Å². The second kappa shape index (κ2) is 6.29. The van der Waals surface area contributed by atoms with Crippen LogP contribution in [0.15, 0.2) is 35.3 Å². The third kappa shape index (κ3) is 2.85. The molecule has 1 aliphatic heterocycles. The van der Waals surface area contributed by atoms with Gasteiger partial charge in [-0.3, -0.25) is 4.98 Å². The average molecular weight is 323 g/mol. The van der Waals surface area contributed by atoms with E-state index in [9.17, 15) is 15.3 Å². The Morgan fingerprint density at radius 1 is 1.27 bits per heavy atom. The molecule has 118 valence electrons. The lowest BCUT2D eigenvalue weighted by Crippen LogP contribution is -2.50. The number of thioether (sulfide) groups is 1. The van der Waals surface area contributed by atoms with Gasteiger partial charge in [0.15, 0.2) is 5.44 Å². The van der Waals surface area contributed by atoms with Gasteiger partial charge in [-0.1, -0.05) is 0 Å². The molecule has 3 N–H and O–H groups in total. The number of aryl methyl sites for hydroxylation is 1. The van der Waals surface area contributed by atoms with Crippen LogP contribution >= 0.6 is 11.8 Å². The lowest BCUT2D eigenvalue weighted by atomic mass is 10.1. The standard InChI is InChI=1S/C15H17NO5S/c1-8-2-4-16-11(9-3-5-20-6-9)14(8)21-15-13(19)12(18)10(17)7-22-15/h2-6,10,12-13,15,17-19H,7H2,1H3/t10-,12+,13-,15-/m1/s1. The van der Waals surface area contributed by atoms with Crippen molar-refractivity contribution in [1.29, 1.82) is 0 Å². The number of nitrogens with zero attached hydrogens (tertiary/aromatic N) is 1. The minimum Gasteiger partial charge on any atom is -0.474 e. The number of hydrogen-bond donors (Lipinski definition) is 3. The van der Waals surface area contributed by atoms with Crippen LogP contribution in [0.1, 0.15) is 5.56 Å². The van der Waals surface area contributed by atoms with Gasteiger partial charge in [0.05, 0.1) is 18.6 Å². The largest absolute Gasteiger partial charge is 0.474 e. The zero-order valence-corrected chi connectivity index (χ0v) is 12.7. The number of rotatable bonds is 3. The first-order chi connectivity index (χ1) is 10.6. The van der Waals surface area contributed by atoms with E-state index < -0.39 is 23.7 Å². The van der Waals surface area contributed by atoms with Crippen LogP contribution in [0.2, 0.25) is 0 Å². The van der Waals surface area contributed by atoms with E-state index in [0.717, 1.165) is 11.1 Å². The summed E-state index contributed by atoms with van der Waals surface area (Å²) in [5.41, 5.74) is 1.57. The smallest absolute Gasteiger partial charge is 0.173 e. The van der Waals surface area contributed by atoms with Crippen molar-refractivity contribution in [3.05, 3.63) is 36.4 Å². The molecule has 0 bridgehead atoms. The van der Waals surface area contributed by atoms with Gasteiger partial charge in [0.1, 0.15) is 23.7 Å². The van der Waals surface area contributed by atoms with E-state index in [-0.39, 0.29) is 0 Å². The summed E-state index contributed by atoms with van der Waals surface area (Å²) in [6, 6.07) is 3.59. The van der Waals surface area contributed by atoms with Crippen molar-refractivity contribution in [3.63, 3.8) is 0 Å². The minimum atomic E-state index is -1.22. The molecule has 3 heterocycles. The predicted octanol–water partition coefficient (Wildman–Crippen LogP) is 1.18. The summed E-state index contributed by atoms with van der Waals surface area (Å²) in [5.74, 6) is 0.826. The summed E-state index contributed by atoms with van der Waals surface area (Å²) in [7, 11) is 0. The monoisotopic (exact) mass is 323 g/mol. The molecule has 0 aromatic carbocycles. The highest BCUT2D eigenvalue weighted by Crippen LogP contribution is 2.36. The topological polar surface area (TPSA) is 96.0 Å². The number of aliphatic hydroxyl groups is 3. The van der Waals surface area contributed by atoms with Crippen LogP contribution in [0.5, 0.6) is 5.75 Å². The van der Waals surface area contributed by atoms with E-state index in [1.165, 1.54) is 11.8 Å². The van der Waals surface area contributed by atoms with Gasteiger partial charge < -0.3 is 24.5 Å². The van der Waals surface area contributed by atoms with Gasteiger partial charge >= 0.3 is 0 Å². The number of pyridine rings is 1. The molecule has 0 saturated carbocycles. The number of furan rings is 1. The molecule has 22 heavy (non-hydrogen) atoms. The van der Waals surface area contributed by atoms with E-state index in [0.29, 0.717) is 17.2 Å². The van der Waals surface area contributed by atoms with Crippen molar-refractivity contribution in [2.45, 2.75) is 30.7 Å². The Morgan fingerprint density at radius 3 is 2.82 bits per heavy atom. The molecule has 4 atom stereocenters. The van der Waals surface area contributed by atoms with E-state index >= 15 is 0 Å². The van der Waals surface area contributed by atoms with Gasteiger partial charge in [0.2, 0.25) is 0 Å². The highest BCUT2D eigenvalue weighted by atomic mass is 32.2. The van der Waals surface area contributed by atoms with Gasteiger partial charge in [-0.05, 0) is 24.6 Å². The van der Waals surface area contributed by atoms with Gasteiger partial charge in [-0.25, -0.2) is 0 Å². The Morgan fingerprint density at radius 2 is 2.09 bits per heavy atom. The van der Waals surface area contributed by atoms with E-state index in [4.69, 9.17) is 9.15 Å². The lowest BCUT2D eigenvalue weighted by molar-refractivity contribution is -0.0786. The SMILES string of the molecule is Cc1ccnc(-c2ccoc2)c1O[C@@H]1SC[C@@H](O)[C@H](O)[C@H]1O. The second-order valence-corrected chi connectivity index (χ2v) is 6.32. The van der Waals surface area contributed by atoms with Crippen molar-refractivity contribution in [1.82, 2.24) is 4.98 Å². The number of aliphatic hydroxyl groups excluding tert-OH is 3. The summed E-state index contributed by atoms with van der Waals surface area (Å²) in [6.45, 7) is 1.88. The van der Waals surface area contributed by atoms with Crippen molar-refractivity contribution in [3.8, 4) is 17.0 Å². The summed E-state index contributed by atoms with van der Waals surface area (Å²) in [4.78, 5) is 4.32. The first-order valence-electron chi connectivity index (χ1n) is 6.88. The molecule has 0 radical (unpaired) electrons. The molecular formula is C15H17NO5S. The number of hydrogen-bond acceptors (Lipinski definition) is 7. The molecule has 2 aromatic heterocycles. The summed E-state index contributed by atoms with van der Waals surface area (Å²) < 4.78 is 11.0. The Bertz CT molecular complexity index is 633. The average Bonchev–Trinajstić information content (AvgIpc) is 3.03. The van der Waals surface area contributed by atoms with Crippen LogP contribution < -0.4 is 4.74 Å². The van der Waals surface area contributed by atoms with E-state index in [1.807, 2.05) is 13.0 Å². The maximum atomic E-state index is 10.1. The molecule has 7 heteroatoms. The molecule has 0 amide bonds. The van der Waals surface area contributed by atoms with Gasteiger partial charge in [-0.2, -0.15) is 0 Å². The molecule has 1 saturated heterocycles. The Balaban J connectivity index is 1.89. The first kappa shape index (κ1) is 15.4. The van der Waals surface area contributed by atoms with Crippen LogP contribution in [0.25, 0.3) is 11.3 Å². The molecular weight excluding hydrogens is 306 g/mol. The fourth-order valence-corrected chi connectivity index (χ4v) is 3.40.